The van der Waals surface area contributed by atoms with Gasteiger partial charge in [0.25, 0.3) is 0 Å². The van der Waals surface area contributed by atoms with Crippen LogP contribution in [0.15, 0.2) is 80.0 Å². The molecule has 1 aromatic heterocycles. The Morgan fingerprint density at radius 2 is 1.42 bits per heavy atom. The monoisotopic (exact) mass is 410 g/mol. The molecule has 0 aliphatic rings. The van der Waals surface area contributed by atoms with Crippen LogP contribution in [0.5, 0.6) is 11.5 Å². The SMILES string of the molecule is COc1ccc(OS(=O)(=O)c2cc(S(=O)(=O)c3ccccc3)cs2)cc1. The van der Waals surface area contributed by atoms with E-state index in [9.17, 15) is 16.8 Å². The standard InChI is InChI=1S/C17H14O6S3/c1-22-13-7-9-14(10-8-13)23-26(20,21)17-11-16(12-24-17)25(18,19)15-5-3-2-4-6-15/h2-12H,1H3. The molecule has 0 bridgehead atoms. The van der Waals surface area contributed by atoms with Crippen molar-refractivity contribution in [2.24, 2.45) is 0 Å². The van der Waals surface area contributed by atoms with E-state index in [1.165, 1.54) is 36.8 Å². The molecule has 0 saturated heterocycles. The minimum Gasteiger partial charge on any atom is -0.497 e. The van der Waals surface area contributed by atoms with E-state index < -0.39 is 20.0 Å². The molecule has 0 unspecified atom stereocenters. The molecule has 0 saturated carbocycles. The molecule has 0 aliphatic carbocycles. The van der Waals surface area contributed by atoms with E-state index >= 15 is 0 Å². The molecule has 9 heteroatoms. The summed E-state index contributed by atoms with van der Waals surface area (Å²) in [5.41, 5.74) is 0. The molecule has 0 N–H and O–H groups in total. The highest BCUT2D eigenvalue weighted by Crippen LogP contribution is 2.30. The van der Waals surface area contributed by atoms with Gasteiger partial charge in [0, 0.05) is 5.38 Å². The van der Waals surface area contributed by atoms with Gasteiger partial charge in [-0.25, -0.2) is 8.42 Å². The van der Waals surface area contributed by atoms with Crippen molar-refractivity contribution in [2.45, 2.75) is 14.0 Å². The van der Waals surface area contributed by atoms with Gasteiger partial charge in [-0.3, -0.25) is 0 Å². The first-order valence-corrected chi connectivity index (χ1v) is 11.1. The third-order valence-corrected chi connectivity index (χ3v) is 7.97. The Kier molecular flexibility index (Phi) is 5.03. The van der Waals surface area contributed by atoms with Gasteiger partial charge < -0.3 is 8.92 Å². The van der Waals surface area contributed by atoms with E-state index in [1.54, 1.807) is 30.3 Å². The van der Waals surface area contributed by atoms with E-state index in [0.717, 1.165) is 17.4 Å². The van der Waals surface area contributed by atoms with Gasteiger partial charge in [0.2, 0.25) is 9.84 Å². The van der Waals surface area contributed by atoms with Crippen molar-refractivity contribution in [3.8, 4) is 11.5 Å². The molecule has 136 valence electrons. The van der Waals surface area contributed by atoms with Gasteiger partial charge in [0.15, 0.2) is 4.21 Å². The van der Waals surface area contributed by atoms with E-state index in [0.29, 0.717) is 5.75 Å². The Morgan fingerprint density at radius 1 is 0.808 bits per heavy atom. The van der Waals surface area contributed by atoms with Crippen LogP contribution in [0.3, 0.4) is 0 Å². The molecule has 0 atom stereocenters. The Morgan fingerprint density at radius 3 is 2.04 bits per heavy atom. The lowest BCUT2D eigenvalue weighted by Gasteiger charge is -2.06. The first-order valence-electron chi connectivity index (χ1n) is 7.30. The minimum absolute atomic E-state index is 0.0920. The second-order valence-electron chi connectivity index (χ2n) is 5.13. The number of hydrogen-bond donors (Lipinski definition) is 0. The summed E-state index contributed by atoms with van der Waals surface area (Å²) in [7, 11) is -6.43. The molecule has 0 aliphatic heterocycles. The smallest absolute Gasteiger partial charge is 0.348 e. The Bertz CT molecular complexity index is 1100. The van der Waals surface area contributed by atoms with Crippen LogP contribution in [0, 0.1) is 0 Å². The normalized spacial score (nSPS) is 11.9. The predicted octanol–water partition coefficient (Wildman–Crippen LogP) is 3.36. The molecule has 2 aromatic carbocycles. The van der Waals surface area contributed by atoms with E-state index in [4.69, 9.17) is 8.92 Å². The third-order valence-electron chi connectivity index (χ3n) is 3.43. The number of sulfone groups is 1. The first-order chi connectivity index (χ1) is 12.3. The Balaban J connectivity index is 1.88. The average molecular weight is 410 g/mol. The zero-order valence-electron chi connectivity index (χ0n) is 13.5. The molecule has 0 fully saturated rings. The van der Waals surface area contributed by atoms with Gasteiger partial charge in [-0.1, -0.05) is 18.2 Å². The molecule has 0 amide bonds. The zero-order chi connectivity index (χ0) is 18.8. The van der Waals surface area contributed by atoms with Crippen molar-refractivity contribution >= 4 is 31.3 Å². The van der Waals surface area contributed by atoms with Crippen molar-refractivity contribution in [3.05, 3.63) is 66.0 Å². The van der Waals surface area contributed by atoms with Crippen molar-refractivity contribution in [1.29, 1.82) is 0 Å². The van der Waals surface area contributed by atoms with Gasteiger partial charge in [0.1, 0.15) is 11.5 Å². The number of ether oxygens (including phenoxy) is 1. The summed E-state index contributed by atoms with van der Waals surface area (Å²) < 4.78 is 59.8. The second kappa shape index (κ2) is 7.10. The maximum absolute atomic E-state index is 12.6. The highest BCUT2D eigenvalue weighted by Gasteiger charge is 2.25. The molecular weight excluding hydrogens is 396 g/mol. The van der Waals surface area contributed by atoms with Crippen LogP contribution in [0.1, 0.15) is 0 Å². The van der Waals surface area contributed by atoms with Crippen LogP contribution >= 0.6 is 11.3 Å². The lowest BCUT2D eigenvalue weighted by Crippen LogP contribution is -2.08. The number of thiophene rings is 1. The lowest BCUT2D eigenvalue weighted by molar-refractivity contribution is 0.413. The lowest BCUT2D eigenvalue weighted by atomic mass is 10.3. The second-order valence-corrected chi connectivity index (χ2v) is 9.76. The molecule has 3 aromatic rings. The highest BCUT2D eigenvalue weighted by atomic mass is 32.3. The van der Waals surface area contributed by atoms with Crippen molar-refractivity contribution in [1.82, 2.24) is 0 Å². The maximum atomic E-state index is 12.6. The molecule has 26 heavy (non-hydrogen) atoms. The van der Waals surface area contributed by atoms with Crippen molar-refractivity contribution < 1.29 is 25.8 Å². The Hall–Kier alpha value is -2.36. The topological polar surface area (TPSA) is 86.7 Å². The van der Waals surface area contributed by atoms with Crippen LogP contribution in [0.4, 0.5) is 0 Å². The number of benzene rings is 2. The minimum atomic E-state index is -4.14. The van der Waals surface area contributed by atoms with Gasteiger partial charge in [-0.2, -0.15) is 8.42 Å². The fraction of sp³-hybridized carbons (Fsp3) is 0.0588. The van der Waals surface area contributed by atoms with Crippen LogP contribution in [0.25, 0.3) is 0 Å². The average Bonchev–Trinajstić information content (AvgIpc) is 3.15. The van der Waals surface area contributed by atoms with Crippen molar-refractivity contribution in [3.63, 3.8) is 0 Å². The van der Waals surface area contributed by atoms with Gasteiger partial charge in [-0.15, -0.1) is 11.3 Å². The summed E-state index contributed by atoms with van der Waals surface area (Å²) >= 11 is 0.788. The fourth-order valence-corrected chi connectivity index (χ4v) is 5.90. The molecule has 3 rings (SSSR count). The first kappa shape index (κ1) is 18.4. The third kappa shape index (κ3) is 3.74. The summed E-state index contributed by atoms with van der Waals surface area (Å²) in [6, 6.07) is 14.9. The number of hydrogen-bond acceptors (Lipinski definition) is 7. The van der Waals surface area contributed by atoms with E-state index in [-0.39, 0.29) is 19.7 Å². The van der Waals surface area contributed by atoms with Crippen molar-refractivity contribution in [2.75, 3.05) is 7.11 Å². The van der Waals surface area contributed by atoms with Gasteiger partial charge >= 0.3 is 10.1 Å². The van der Waals surface area contributed by atoms with Gasteiger partial charge in [-0.05, 0) is 42.5 Å². The predicted molar refractivity (Wildman–Crippen MR) is 97.0 cm³/mol. The van der Waals surface area contributed by atoms with Gasteiger partial charge in [0.05, 0.1) is 16.9 Å². The highest BCUT2D eigenvalue weighted by molar-refractivity contribution is 7.92. The number of rotatable bonds is 6. The van der Waals surface area contributed by atoms with Crippen LogP contribution in [-0.4, -0.2) is 23.9 Å². The van der Waals surface area contributed by atoms with Crippen LogP contribution < -0.4 is 8.92 Å². The molecule has 0 spiro atoms. The van der Waals surface area contributed by atoms with Crippen LogP contribution in [-0.2, 0) is 20.0 Å². The zero-order valence-corrected chi connectivity index (χ0v) is 16.0. The van der Waals surface area contributed by atoms with E-state index in [2.05, 4.69) is 0 Å². The number of methoxy groups -OCH3 is 1. The van der Waals surface area contributed by atoms with Crippen LogP contribution in [0.2, 0.25) is 0 Å². The summed E-state index contributed by atoms with van der Waals surface area (Å²) in [4.78, 5) is 0.00317. The largest absolute Gasteiger partial charge is 0.497 e. The molecule has 0 radical (unpaired) electrons. The summed E-state index contributed by atoms with van der Waals surface area (Å²) in [6.07, 6.45) is 0. The Labute approximate surface area is 155 Å². The maximum Gasteiger partial charge on any atom is 0.348 e. The molecule has 6 nitrogen and oxygen atoms in total. The quantitative estimate of drug-likeness (QED) is 0.579. The summed E-state index contributed by atoms with van der Waals surface area (Å²) in [5, 5.41) is 1.28. The molecule has 1 heterocycles. The summed E-state index contributed by atoms with van der Waals surface area (Å²) in [6.45, 7) is 0. The van der Waals surface area contributed by atoms with E-state index in [1.807, 2.05) is 0 Å². The summed E-state index contributed by atoms with van der Waals surface area (Å²) in [5.74, 6) is 0.661. The fourth-order valence-electron chi connectivity index (χ4n) is 2.11. The molecular formula is C17H14O6S3.